The van der Waals surface area contributed by atoms with Crippen LogP contribution in [0.3, 0.4) is 0 Å². The third-order valence-electron chi connectivity index (χ3n) is 3.49. The Morgan fingerprint density at radius 1 is 1.20 bits per heavy atom. The molecule has 0 aliphatic carbocycles. The maximum Gasteiger partial charge on any atom is 0.323 e. The molecule has 0 unspecified atom stereocenters. The van der Waals surface area contributed by atoms with Gasteiger partial charge in [0.15, 0.2) is 5.75 Å². The second-order valence-corrected chi connectivity index (χ2v) is 5.17. The number of imidazole rings is 1. The summed E-state index contributed by atoms with van der Waals surface area (Å²) in [5.41, 5.74) is 1.10. The van der Waals surface area contributed by atoms with Crippen LogP contribution in [0, 0.1) is 10.1 Å². The number of nitrogens with zero attached hydrogens (tertiary/aromatic N) is 1. The fraction of sp³-hybridized carbons (Fsp3) is 0.125. The molecule has 0 fully saturated rings. The molecule has 3 rings (SSSR count). The first kappa shape index (κ1) is 16.2. The average molecular weight is 342 g/mol. The SMILES string of the molecule is CCOc1ccc(C(=O)Nc2ccc3[nH]c(=O)[nH]c3c2)cc1[N+](=O)[O-]. The largest absolute Gasteiger partial charge is 0.487 e. The van der Waals surface area contributed by atoms with Crippen molar-refractivity contribution in [3.63, 3.8) is 0 Å². The van der Waals surface area contributed by atoms with E-state index in [0.717, 1.165) is 6.07 Å². The molecule has 0 aliphatic rings. The molecule has 0 aliphatic heterocycles. The van der Waals surface area contributed by atoms with E-state index in [2.05, 4.69) is 15.3 Å². The molecule has 1 aromatic heterocycles. The molecule has 0 saturated heterocycles. The highest BCUT2D eigenvalue weighted by atomic mass is 16.6. The van der Waals surface area contributed by atoms with Gasteiger partial charge < -0.3 is 20.0 Å². The third-order valence-corrected chi connectivity index (χ3v) is 3.49. The van der Waals surface area contributed by atoms with E-state index in [-0.39, 0.29) is 29.3 Å². The topological polar surface area (TPSA) is 130 Å². The lowest BCUT2D eigenvalue weighted by molar-refractivity contribution is -0.385. The first-order valence-electron chi connectivity index (χ1n) is 7.42. The summed E-state index contributed by atoms with van der Waals surface area (Å²) in [5.74, 6) is -0.404. The van der Waals surface area contributed by atoms with Gasteiger partial charge in [0.05, 0.1) is 22.6 Å². The molecule has 9 nitrogen and oxygen atoms in total. The van der Waals surface area contributed by atoms with Gasteiger partial charge in [-0.2, -0.15) is 0 Å². The number of carbonyl (C=O) groups excluding carboxylic acids is 1. The van der Waals surface area contributed by atoms with Crippen LogP contribution in [0.4, 0.5) is 11.4 Å². The summed E-state index contributed by atoms with van der Waals surface area (Å²) in [6.07, 6.45) is 0. The average Bonchev–Trinajstić information content (AvgIpc) is 2.94. The van der Waals surface area contributed by atoms with Gasteiger partial charge in [-0.05, 0) is 37.3 Å². The van der Waals surface area contributed by atoms with Crippen LogP contribution in [0.5, 0.6) is 5.75 Å². The summed E-state index contributed by atoms with van der Waals surface area (Å²) in [4.78, 5) is 39.3. The van der Waals surface area contributed by atoms with Crippen molar-refractivity contribution in [3.8, 4) is 5.75 Å². The van der Waals surface area contributed by atoms with Crippen LogP contribution in [0.2, 0.25) is 0 Å². The summed E-state index contributed by atoms with van der Waals surface area (Å²) in [7, 11) is 0. The second-order valence-electron chi connectivity index (χ2n) is 5.17. The number of fused-ring (bicyclic) bond motifs is 1. The number of carbonyl (C=O) groups is 1. The highest BCUT2D eigenvalue weighted by Gasteiger charge is 2.18. The van der Waals surface area contributed by atoms with E-state index in [9.17, 15) is 19.7 Å². The first-order valence-corrected chi connectivity index (χ1v) is 7.42. The van der Waals surface area contributed by atoms with Crippen molar-refractivity contribution >= 4 is 28.3 Å². The molecule has 0 spiro atoms. The molecule has 1 amide bonds. The number of aromatic nitrogens is 2. The summed E-state index contributed by atoms with van der Waals surface area (Å²) >= 11 is 0. The number of nitro groups is 1. The molecule has 2 aromatic carbocycles. The Kier molecular flexibility index (Phi) is 4.21. The van der Waals surface area contributed by atoms with E-state index in [1.165, 1.54) is 12.1 Å². The summed E-state index contributed by atoms with van der Waals surface area (Å²) < 4.78 is 5.19. The highest BCUT2D eigenvalue weighted by Crippen LogP contribution is 2.28. The number of hydrogen-bond acceptors (Lipinski definition) is 5. The summed E-state index contributed by atoms with van der Waals surface area (Å²) in [6, 6.07) is 8.86. The van der Waals surface area contributed by atoms with Crippen molar-refractivity contribution in [2.45, 2.75) is 6.92 Å². The normalized spacial score (nSPS) is 10.6. The zero-order valence-electron chi connectivity index (χ0n) is 13.2. The number of ether oxygens (including phenoxy) is 1. The van der Waals surface area contributed by atoms with Crippen LogP contribution in [0.1, 0.15) is 17.3 Å². The minimum absolute atomic E-state index is 0.107. The van der Waals surface area contributed by atoms with Crippen molar-refractivity contribution in [1.29, 1.82) is 0 Å². The molecule has 0 atom stereocenters. The van der Waals surface area contributed by atoms with Gasteiger partial charge in [-0.15, -0.1) is 0 Å². The Balaban J connectivity index is 1.87. The Morgan fingerprint density at radius 2 is 1.96 bits per heavy atom. The third kappa shape index (κ3) is 3.34. The highest BCUT2D eigenvalue weighted by molar-refractivity contribution is 6.05. The van der Waals surface area contributed by atoms with Gasteiger partial charge in [0.25, 0.3) is 5.91 Å². The molecule has 3 N–H and O–H groups in total. The van der Waals surface area contributed by atoms with Crippen LogP contribution in [0.25, 0.3) is 11.0 Å². The standard InChI is InChI=1S/C16H14N4O5/c1-2-25-14-6-3-9(7-13(14)20(23)24)15(21)17-10-4-5-11-12(8-10)19-16(22)18-11/h3-8H,2H2,1H3,(H,17,21)(H2,18,19,22). The van der Waals surface area contributed by atoms with Crippen LogP contribution >= 0.6 is 0 Å². The second kappa shape index (κ2) is 6.48. The lowest BCUT2D eigenvalue weighted by atomic mass is 10.1. The molecule has 0 bridgehead atoms. The van der Waals surface area contributed by atoms with Gasteiger partial charge in [0.2, 0.25) is 0 Å². The van der Waals surface area contributed by atoms with Gasteiger partial charge in [0.1, 0.15) is 0 Å². The molecule has 0 saturated carbocycles. The van der Waals surface area contributed by atoms with Crippen LogP contribution in [-0.2, 0) is 0 Å². The summed E-state index contributed by atoms with van der Waals surface area (Å²) in [6.45, 7) is 1.99. The minimum Gasteiger partial charge on any atom is -0.487 e. The summed E-state index contributed by atoms with van der Waals surface area (Å²) in [5, 5.41) is 13.8. The zero-order valence-corrected chi connectivity index (χ0v) is 13.2. The van der Waals surface area contributed by atoms with E-state index >= 15 is 0 Å². The van der Waals surface area contributed by atoms with Crippen molar-refractivity contribution in [3.05, 3.63) is 62.6 Å². The first-order chi connectivity index (χ1) is 12.0. The van der Waals surface area contributed by atoms with E-state index in [4.69, 9.17) is 4.74 Å². The number of aromatic amines is 2. The van der Waals surface area contributed by atoms with E-state index in [0.29, 0.717) is 16.7 Å². The van der Waals surface area contributed by atoms with Gasteiger partial charge >= 0.3 is 11.4 Å². The number of hydrogen-bond donors (Lipinski definition) is 3. The van der Waals surface area contributed by atoms with Crippen LogP contribution in [0.15, 0.2) is 41.2 Å². The fourth-order valence-corrected chi connectivity index (χ4v) is 2.39. The van der Waals surface area contributed by atoms with Crippen molar-refractivity contribution < 1.29 is 14.5 Å². The Labute approximate surface area is 140 Å². The van der Waals surface area contributed by atoms with Crippen molar-refractivity contribution in [2.24, 2.45) is 0 Å². The predicted molar refractivity (Wildman–Crippen MR) is 91.1 cm³/mol. The lowest BCUT2D eigenvalue weighted by Crippen LogP contribution is -2.12. The number of nitrogens with one attached hydrogen (secondary N) is 3. The quantitative estimate of drug-likeness (QED) is 0.484. The molecule has 9 heteroatoms. The van der Waals surface area contributed by atoms with E-state index in [1.54, 1.807) is 25.1 Å². The van der Waals surface area contributed by atoms with Gasteiger partial charge in [-0.25, -0.2) is 4.79 Å². The number of rotatable bonds is 5. The fourth-order valence-electron chi connectivity index (χ4n) is 2.39. The maximum absolute atomic E-state index is 12.3. The molecule has 0 radical (unpaired) electrons. The number of amides is 1. The molecule has 1 heterocycles. The molecule has 128 valence electrons. The maximum atomic E-state index is 12.3. The van der Waals surface area contributed by atoms with Gasteiger partial charge in [-0.3, -0.25) is 14.9 Å². The Morgan fingerprint density at radius 3 is 2.68 bits per heavy atom. The number of H-pyrrole nitrogens is 2. The predicted octanol–water partition coefficient (Wildman–Crippen LogP) is 2.42. The molecule has 3 aromatic rings. The number of benzene rings is 2. The van der Waals surface area contributed by atoms with Gasteiger partial charge in [0, 0.05) is 17.3 Å². The minimum atomic E-state index is -0.599. The van der Waals surface area contributed by atoms with Crippen molar-refractivity contribution in [2.75, 3.05) is 11.9 Å². The van der Waals surface area contributed by atoms with Gasteiger partial charge in [-0.1, -0.05) is 0 Å². The Bertz CT molecular complexity index is 1020. The van der Waals surface area contributed by atoms with Crippen LogP contribution < -0.4 is 15.7 Å². The monoisotopic (exact) mass is 342 g/mol. The van der Waals surface area contributed by atoms with Crippen LogP contribution in [-0.4, -0.2) is 27.4 Å². The smallest absolute Gasteiger partial charge is 0.323 e. The molecule has 25 heavy (non-hydrogen) atoms. The molecular weight excluding hydrogens is 328 g/mol. The zero-order chi connectivity index (χ0) is 18.0. The van der Waals surface area contributed by atoms with E-state index < -0.39 is 10.8 Å². The van der Waals surface area contributed by atoms with E-state index in [1.807, 2.05) is 0 Å². The number of nitro benzene ring substituents is 1. The van der Waals surface area contributed by atoms with Crippen molar-refractivity contribution in [1.82, 2.24) is 9.97 Å². The molecular formula is C16H14N4O5. The lowest BCUT2D eigenvalue weighted by Gasteiger charge is -2.08. The number of anilines is 1. The Hall–Kier alpha value is -3.62.